The van der Waals surface area contributed by atoms with Gasteiger partial charge in [-0.25, -0.2) is 4.79 Å². The van der Waals surface area contributed by atoms with Crippen LogP contribution in [0.3, 0.4) is 0 Å². The number of primary amides is 1. The quantitative estimate of drug-likeness (QED) is 0.881. The number of nitrogens with two attached hydrogens (primary N) is 1. The SMILES string of the molecule is NC(=O)[C@H]1CN(c2ccc3nc(N4C=CC(=O)CC4)oc3c2)C(=O)O1. The Morgan fingerprint density at radius 2 is 2.16 bits per heavy atom. The summed E-state index contributed by atoms with van der Waals surface area (Å²) in [6.07, 6.45) is 1.90. The van der Waals surface area contributed by atoms with Crippen LogP contribution in [0.5, 0.6) is 0 Å². The number of cyclic esters (lactones) is 1. The van der Waals surface area contributed by atoms with Gasteiger partial charge < -0.3 is 19.8 Å². The van der Waals surface area contributed by atoms with Crippen LogP contribution in [0.25, 0.3) is 11.1 Å². The summed E-state index contributed by atoms with van der Waals surface area (Å²) in [6, 6.07) is 5.42. The molecule has 3 heterocycles. The molecule has 0 saturated carbocycles. The first-order chi connectivity index (χ1) is 12.0. The van der Waals surface area contributed by atoms with Gasteiger partial charge in [0, 0.05) is 25.2 Å². The highest BCUT2D eigenvalue weighted by atomic mass is 16.6. The van der Waals surface area contributed by atoms with Crippen molar-refractivity contribution in [3.05, 3.63) is 30.5 Å². The molecule has 1 saturated heterocycles. The van der Waals surface area contributed by atoms with Gasteiger partial charge in [0.25, 0.3) is 5.91 Å². The second-order valence-corrected chi connectivity index (χ2v) is 5.76. The van der Waals surface area contributed by atoms with E-state index >= 15 is 0 Å². The molecule has 1 fully saturated rings. The van der Waals surface area contributed by atoms with Crippen LogP contribution in [-0.2, 0) is 14.3 Å². The van der Waals surface area contributed by atoms with Crippen molar-refractivity contribution in [1.29, 1.82) is 0 Å². The lowest BCUT2D eigenvalue weighted by Crippen LogP contribution is -2.32. The molecule has 0 aliphatic carbocycles. The van der Waals surface area contributed by atoms with Crippen LogP contribution >= 0.6 is 0 Å². The molecule has 2 N–H and O–H groups in total. The van der Waals surface area contributed by atoms with Crippen LogP contribution in [0.1, 0.15) is 6.42 Å². The molecule has 0 bridgehead atoms. The van der Waals surface area contributed by atoms with Crippen LogP contribution < -0.4 is 15.5 Å². The first-order valence-corrected chi connectivity index (χ1v) is 7.67. The van der Waals surface area contributed by atoms with E-state index in [0.717, 1.165) is 0 Å². The Bertz CT molecular complexity index is 918. The fraction of sp³-hybridized carbons (Fsp3) is 0.250. The van der Waals surface area contributed by atoms with Crippen molar-refractivity contribution in [2.75, 3.05) is 22.9 Å². The van der Waals surface area contributed by atoms with Gasteiger partial charge in [-0.3, -0.25) is 14.5 Å². The molecular formula is C16H14N4O5. The summed E-state index contributed by atoms with van der Waals surface area (Å²) in [6.45, 7) is 0.547. The van der Waals surface area contributed by atoms with Crippen molar-refractivity contribution in [2.24, 2.45) is 5.73 Å². The number of oxazole rings is 1. The molecule has 25 heavy (non-hydrogen) atoms. The van der Waals surface area contributed by atoms with Gasteiger partial charge in [0.05, 0.1) is 12.2 Å². The third-order valence-corrected chi connectivity index (χ3v) is 4.09. The van der Waals surface area contributed by atoms with Gasteiger partial charge in [0.15, 0.2) is 17.5 Å². The molecule has 0 radical (unpaired) electrons. The smallest absolute Gasteiger partial charge is 0.415 e. The average molecular weight is 342 g/mol. The van der Waals surface area contributed by atoms with Gasteiger partial charge in [-0.05, 0) is 18.2 Å². The minimum Gasteiger partial charge on any atom is -0.434 e. The fourth-order valence-corrected chi connectivity index (χ4v) is 2.73. The van der Waals surface area contributed by atoms with Crippen molar-refractivity contribution in [3.8, 4) is 0 Å². The van der Waals surface area contributed by atoms with E-state index in [4.69, 9.17) is 14.9 Å². The van der Waals surface area contributed by atoms with E-state index in [1.807, 2.05) is 0 Å². The molecule has 2 aliphatic heterocycles. The molecular weight excluding hydrogens is 328 g/mol. The van der Waals surface area contributed by atoms with Crippen LogP contribution in [-0.4, -0.2) is 42.0 Å². The molecule has 0 spiro atoms. The Morgan fingerprint density at radius 1 is 1.32 bits per heavy atom. The highest BCUT2D eigenvalue weighted by molar-refractivity contribution is 5.96. The number of allylic oxidation sites excluding steroid dienone is 1. The topological polar surface area (TPSA) is 119 Å². The van der Waals surface area contributed by atoms with Crippen molar-refractivity contribution < 1.29 is 23.5 Å². The minimum atomic E-state index is -0.968. The number of amides is 2. The van der Waals surface area contributed by atoms with E-state index in [-0.39, 0.29) is 12.3 Å². The number of carbonyl (C=O) groups is 3. The van der Waals surface area contributed by atoms with Crippen LogP contribution in [0.4, 0.5) is 16.5 Å². The van der Waals surface area contributed by atoms with Gasteiger partial charge in [0.2, 0.25) is 0 Å². The standard InChI is InChI=1S/C16H14N4O5/c17-14(22)13-8-20(16(23)25-13)9-1-2-11-12(7-9)24-15(18-11)19-5-3-10(21)4-6-19/h1-3,5,7,13H,4,6,8H2,(H2,17,22)/t13-/m1/s1. The number of aromatic nitrogens is 1. The summed E-state index contributed by atoms with van der Waals surface area (Å²) in [5.74, 6) is -0.628. The number of ether oxygens (including phenoxy) is 1. The number of rotatable bonds is 3. The molecule has 2 aliphatic rings. The second kappa shape index (κ2) is 5.62. The molecule has 1 atom stereocenters. The predicted molar refractivity (Wildman–Crippen MR) is 86.9 cm³/mol. The van der Waals surface area contributed by atoms with Gasteiger partial charge in [0.1, 0.15) is 5.52 Å². The van der Waals surface area contributed by atoms with Crippen molar-refractivity contribution in [3.63, 3.8) is 0 Å². The number of fused-ring (bicyclic) bond motifs is 1. The molecule has 2 aromatic rings. The van der Waals surface area contributed by atoms with Gasteiger partial charge in [-0.2, -0.15) is 4.98 Å². The van der Waals surface area contributed by atoms with Gasteiger partial charge in [-0.1, -0.05) is 0 Å². The van der Waals surface area contributed by atoms with Gasteiger partial charge >= 0.3 is 12.1 Å². The average Bonchev–Trinajstić information content (AvgIpc) is 3.18. The highest BCUT2D eigenvalue weighted by Gasteiger charge is 2.36. The highest BCUT2D eigenvalue weighted by Crippen LogP contribution is 2.29. The zero-order valence-corrected chi connectivity index (χ0v) is 13.0. The maximum atomic E-state index is 11.9. The van der Waals surface area contributed by atoms with E-state index in [9.17, 15) is 14.4 Å². The van der Waals surface area contributed by atoms with E-state index in [1.165, 1.54) is 11.0 Å². The van der Waals surface area contributed by atoms with Crippen molar-refractivity contribution >= 4 is 40.6 Å². The lowest BCUT2D eigenvalue weighted by atomic mass is 10.2. The lowest BCUT2D eigenvalue weighted by Gasteiger charge is -2.17. The summed E-state index contributed by atoms with van der Waals surface area (Å²) in [4.78, 5) is 41.8. The molecule has 1 aromatic carbocycles. The number of ketones is 1. The van der Waals surface area contributed by atoms with Gasteiger partial charge in [-0.15, -0.1) is 0 Å². The predicted octanol–water partition coefficient (Wildman–Crippen LogP) is 0.931. The second-order valence-electron chi connectivity index (χ2n) is 5.76. The largest absolute Gasteiger partial charge is 0.434 e. The number of carbonyl (C=O) groups excluding carboxylic acids is 3. The lowest BCUT2D eigenvalue weighted by molar-refractivity contribution is -0.124. The Balaban J connectivity index is 1.63. The molecule has 1 aromatic heterocycles. The summed E-state index contributed by atoms with van der Waals surface area (Å²) in [5, 5.41) is 0. The monoisotopic (exact) mass is 342 g/mol. The third-order valence-electron chi connectivity index (χ3n) is 4.09. The third kappa shape index (κ3) is 2.69. The van der Waals surface area contributed by atoms with E-state index in [1.54, 1.807) is 29.3 Å². The Kier molecular flexibility index (Phi) is 3.41. The number of nitrogens with zero attached hydrogens (tertiary/aromatic N) is 3. The van der Waals surface area contributed by atoms with Crippen molar-refractivity contribution in [1.82, 2.24) is 4.98 Å². The zero-order valence-electron chi connectivity index (χ0n) is 13.0. The zero-order chi connectivity index (χ0) is 17.6. The molecule has 9 heteroatoms. The summed E-state index contributed by atoms with van der Waals surface area (Å²) in [5.41, 5.74) is 6.79. The minimum absolute atomic E-state index is 0.0532. The van der Waals surface area contributed by atoms with Crippen LogP contribution in [0, 0.1) is 0 Å². The number of hydrogen-bond acceptors (Lipinski definition) is 7. The molecule has 2 amide bonds. The normalized spacial score (nSPS) is 20.4. The van der Waals surface area contributed by atoms with E-state index in [2.05, 4.69) is 4.98 Å². The molecule has 0 unspecified atom stereocenters. The maximum absolute atomic E-state index is 11.9. The summed E-state index contributed by atoms with van der Waals surface area (Å²) < 4.78 is 10.7. The number of benzene rings is 1. The summed E-state index contributed by atoms with van der Waals surface area (Å²) >= 11 is 0. The number of hydrogen-bond donors (Lipinski definition) is 1. The molecule has 9 nitrogen and oxygen atoms in total. The molecule has 128 valence electrons. The summed E-state index contributed by atoms with van der Waals surface area (Å²) in [7, 11) is 0. The first-order valence-electron chi connectivity index (χ1n) is 7.67. The first kappa shape index (κ1) is 15.2. The van der Waals surface area contributed by atoms with Crippen LogP contribution in [0.15, 0.2) is 34.9 Å². The Morgan fingerprint density at radius 3 is 2.84 bits per heavy atom. The fourth-order valence-electron chi connectivity index (χ4n) is 2.73. The van der Waals surface area contributed by atoms with E-state index in [0.29, 0.717) is 35.8 Å². The Hall–Kier alpha value is -3.36. The molecule has 4 rings (SSSR count). The number of anilines is 2. The maximum Gasteiger partial charge on any atom is 0.415 e. The van der Waals surface area contributed by atoms with Crippen molar-refractivity contribution in [2.45, 2.75) is 12.5 Å². The van der Waals surface area contributed by atoms with E-state index < -0.39 is 18.1 Å². The van der Waals surface area contributed by atoms with Crippen LogP contribution in [0.2, 0.25) is 0 Å². The Labute approximate surface area is 141 Å².